The number of alkyl halides is 3. The molecule has 0 aliphatic heterocycles. The number of carbonyl (C=O) groups is 1. The van der Waals surface area contributed by atoms with Crippen molar-refractivity contribution in [3.05, 3.63) is 60.2 Å². The molecule has 3 rings (SSSR count). The fourth-order valence-corrected chi connectivity index (χ4v) is 4.19. The van der Waals surface area contributed by atoms with E-state index in [1.165, 1.54) is 48.6 Å². The molecule has 1 fully saturated rings. The van der Waals surface area contributed by atoms with Crippen LogP contribution in [0.15, 0.2) is 64.4 Å². The predicted molar refractivity (Wildman–Crippen MR) is 106 cm³/mol. The van der Waals surface area contributed by atoms with Crippen LogP contribution in [0.1, 0.15) is 18.4 Å². The Balaban J connectivity index is 1.56. The molecule has 1 saturated carbocycles. The minimum atomic E-state index is -4.36. The van der Waals surface area contributed by atoms with Crippen molar-refractivity contribution in [2.75, 3.05) is 5.32 Å². The van der Waals surface area contributed by atoms with E-state index < -0.39 is 21.4 Å². The molecule has 0 spiro atoms. The van der Waals surface area contributed by atoms with Gasteiger partial charge >= 0.3 is 5.51 Å². The monoisotopic (exact) mass is 442 g/mol. The van der Waals surface area contributed by atoms with Crippen LogP contribution in [-0.4, -0.2) is 25.9 Å². The maximum Gasteiger partial charge on any atom is 0.446 e. The summed E-state index contributed by atoms with van der Waals surface area (Å²) >= 11 is -0.229. The van der Waals surface area contributed by atoms with E-state index in [4.69, 9.17) is 0 Å². The zero-order chi connectivity index (χ0) is 21.1. The van der Waals surface area contributed by atoms with Crippen LogP contribution >= 0.6 is 11.8 Å². The predicted octanol–water partition coefficient (Wildman–Crippen LogP) is 4.39. The molecule has 0 saturated heterocycles. The van der Waals surface area contributed by atoms with Crippen LogP contribution in [0.4, 0.5) is 18.9 Å². The van der Waals surface area contributed by atoms with Crippen LogP contribution in [0.2, 0.25) is 0 Å². The summed E-state index contributed by atoms with van der Waals surface area (Å²) in [6.07, 6.45) is 4.45. The van der Waals surface area contributed by atoms with Crippen molar-refractivity contribution < 1.29 is 26.4 Å². The van der Waals surface area contributed by atoms with Crippen LogP contribution in [-0.2, 0) is 14.8 Å². The SMILES string of the molecule is O=C(/C=C/c1ccc(S(=O)(=O)NC2CC2)cc1)Nc1ccc(SC(F)(F)F)cc1. The third-order valence-corrected chi connectivity index (χ3v) is 6.15. The number of halogens is 3. The first-order valence-corrected chi connectivity index (χ1v) is 10.9. The molecule has 2 aromatic rings. The number of hydrogen-bond acceptors (Lipinski definition) is 4. The van der Waals surface area contributed by atoms with Crippen molar-refractivity contribution >= 4 is 39.5 Å². The first-order chi connectivity index (χ1) is 13.6. The van der Waals surface area contributed by atoms with Gasteiger partial charge in [0.05, 0.1) is 4.90 Å². The lowest BCUT2D eigenvalue weighted by Crippen LogP contribution is -2.25. The normalized spacial score (nSPS) is 14.9. The number of sulfonamides is 1. The number of nitrogens with one attached hydrogen (secondary N) is 2. The van der Waals surface area contributed by atoms with E-state index in [-0.39, 0.29) is 27.6 Å². The molecular weight excluding hydrogens is 425 g/mol. The zero-order valence-corrected chi connectivity index (χ0v) is 16.6. The molecule has 0 radical (unpaired) electrons. The Morgan fingerprint density at radius 1 is 1.03 bits per heavy atom. The molecule has 2 N–H and O–H groups in total. The number of carbonyl (C=O) groups excluding carboxylic acids is 1. The zero-order valence-electron chi connectivity index (χ0n) is 14.9. The van der Waals surface area contributed by atoms with Gasteiger partial charge in [-0.1, -0.05) is 12.1 Å². The molecule has 1 aliphatic carbocycles. The maximum atomic E-state index is 12.3. The largest absolute Gasteiger partial charge is 0.446 e. The fourth-order valence-electron chi connectivity index (χ4n) is 2.34. The fraction of sp³-hybridized carbons (Fsp3) is 0.211. The van der Waals surface area contributed by atoms with E-state index in [1.54, 1.807) is 12.1 Å². The summed E-state index contributed by atoms with van der Waals surface area (Å²) in [5, 5.41) is 2.54. The van der Waals surface area contributed by atoms with E-state index in [2.05, 4.69) is 10.0 Å². The highest BCUT2D eigenvalue weighted by Gasteiger charge is 2.29. The number of benzene rings is 2. The molecule has 0 unspecified atom stereocenters. The van der Waals surface area contributed by atoms with Gasteiger partial charge in [-0.25, -0.2) is 13.1 Å². The summed E-state index contributed by atoms with van der Waals surface area (Å²) in [6, 6.07) is 11.4. The third-order valence-electron chi connectivity index (χ3n) is 3.87. The lowest BCUT2D eigenvalue weighted by Gasteiger charge is -2.07. The van der Waals surface area contributed by atoms with Crippen molar-refractivity contribution in [2.45, 2.75) is 34.2 Å². The van der Waals surface area contributed by atoms with Gasteiger partial charge in [0.15, 0.2) is 0 Å². The highest BCUT2D eigenvalue weighted by atomic mass is 32.2. The van der Waals surface area contributed by atoms with Crippen LogP contribution < -0.4 is 10.0 Å². The third kappa shape index (κ3) is 6.91. The molecule has 1 amide bonds. The van der Waals surface area contributed by atoms with Gasteiger partial charge in [-0.05, 0) is 72.6 Å². The van der Waals surface area contributed by atoms with E-state index in [1.807, 2.05) is 0 Å². The standard InChI is InChI=1S/C19H17F3N2O3S2/c20-19(21,22)28-16-8-6-14(7-9-16)23-18(25)12-3-13-1-10-17(11-2-13)29(26,27)24-15-4-5-15/h1-3,6-12,15,24H,4-5H2,(H,23,25)/b12-3+. The number of amides is 1. The molecule has 0 aromatic heterocycles. The van der Waals surface area contributed by atoms with E-state index in [9.17, 15) is 26.4 Å². The van der Waals surface area contributed by atoms with Crippen molar-refractivity contribution in [2.24, 2.45) is 0 Å². The van der Waals surface area contributed by atoms with E-state index >= 15 is 0 Å². The summed E-state index contributed by atoms with van der Waals surface area (Å²) < 4.78 is 63.7. The molecule has 1 aliphatic rings. The molecule has 0 bridgehead atoms. The maximum absolute atomic E-state index is 12.3. The Labute approximate surface area is 170 Å². The molecule has 0 heterocycles. The van der Waals surface area contributed by atoms with E-state index in [0.29, 0.717) is 11.3 Å². The molecule has 2 aromatic carbocycles. The second kappa shape index (κ2) is 8.60. The molecule has 0 atom stereocenters. The summed E-state index contributed by atoms with van der Waals surface area (Å²) in [6.45, 7) is 0. The van der Waals surface area contributed by atoms with Gasteiger partial charge in [0, 0.05) is 22.7 Å². The van der Waals surface area contributed by atoms with Gasteiger partial charge in [0.2, 0.25) is 15.9 Å². The Morgan fingerprint density at radius 3 is 2.21 bits per heavy atom. The Kier molecular flexibility index (Phi) is 6.35. The van der Waals surface area contributed by atoms with Crippen molar-refractivity contribution in [1.82, 2.24) is 4.72 Å². The van der Waals surface area contributed by atoms with Gasteiger partial charge in [0.25, 0.3) is 0 Å². The molecule has 5 nitrogen and oxygen atoms in total. The number of thioether (sulfide) groups is 1. The lowest BCUT2D eigenvalue weighted by molar-refractivity contribution is -0.111. The highest BCUT2D eigenvalue weighted by molar-refractivity contribution is 8.00. The molecule has 154 valence electrons. The van der Waals surface area contributed by atoms with Crippen LogP contribution in [0.25, 0.3) is 6.08 Å². The van der Waals surface area contributed by atoms with Crippen molar-refractivity contribution in [3.8, 4) is 0 Å². The van der Waals surface area contributed by atoms with Gasteiger partial charge in [-0.15, -0.1) is 0 Å². The Hall–Kier alpha value is -2.30. The number of hydrogen-bond donors (Lipinski definition) is 2. The summed E-state index contributed by atoms with van der Waals surface area (Å²) in [4.78, 5) is 12.1. The van der Waals surface area contributed by atoms with Gasteiger partial charge in [-0.3, -0.25) is 4.79 Å². The topological polar surface area (TPSA) is 75.3 Å². The summed E-state index contributed by atoms with van der Waals surface area (Å²) in [7, 11) is -3.53. The van der Waals surface area contributed by atoms with Crippen LogP contribution in [0.5, 0.6) is 0 Å². The second-order valence-electron chi connectivity index (χ2n) is 6.36. The van der Waals surface area contributed by atoms with Crippen LogP contribution in [0, 0.1) is 0 Å². The Morgan fingerprint density at radius 2 is 1.66 bits per heavy atom. The van der Waals surface area contributed by atoms with Gasteiger partial charge in [0.1, 0.15) is 0 Å². The van der Waals surface area contributed by atoms with Crippen LogP contribution in [0.3, 0.4) is 0 Å². The van der Waals surface area contributed by atoms with Crippen molar-refractivity contribution in [3.63, 3.8) is 0 Å². The quantitative estimate of drug-likeness (QED) is 0.493. The second-order valence-corrected chi connectivity index (χ2v) is 9.21. The molecule has 10 heteroatoms. The smallest absolute Gasteiger partial charge is 0.323 e. The van der Waals surface area contributed by atoms with Crippen molar-refractivity contribution in [1.29, 1.82) is 0 Å². The van der Waals surface area contributed by atoms with Gasteiger partial charge < -0.3 is 5.32 Å². The minimum absolute atomic E-state index is 0.0180. The Bertz CT molecular complexity index is 998. The highest BCUT2D eigenvalue weighted by Crippen LogP contribution is 2.37. The lowest BCUT2D eigenvalue weighted by atomic mass is 10.2. The summed E-state index contributed by atoms with van der Waals surface area (Å²) in [5.41, 5.74) is -3.38. The molecule has 29 heavy (non-hydrogen) atoms. The number of rotatable bonds is 7. The average molecular weight is 442 g/mol. The average Bonchev–Trinajstić information content (AvgIpc) is 3.44. The number of anilines is 1. The van der Waals surface area contributed by atoms with Gasteiger partial charge in [-0.2, -0.15) is 13.2 Å². The summed E-state index contributed by atoms with van der Waals surface area (Å²) in [5.74, 6) is -0.465. The van der Waals surface area contributed by atoms with E-state index in [0.717, 1.165) is 12.8 Å². The minimum Gasteiger partial charge on any atom is -0.323 e. The first-order valence-electron chi connectivity index (χ1n) is 8.58. The molecular formula is C19H17F3N2O3S2. The first kappa shape index (κ1) is 21.4.